The molecule has 1 aromatic carbocycles. The van der Waals surface area contributed by atoms with Crippen LogP contribution in [-0.2, 0) is 11.8 Å². The number of nitrogens with one attached hydrogen (secondary N) is 2. The van der Waals surface area contributed by atoms with Crippen LogP contribution in [0.1, 0.15) is 76.2 Å². The molecule has 8 heteroatoms. The number of rotatable bonds is 5. The summed E-state index contributed by atoms with van der Waals surface area (Å²) in [6.45, 7) is 4.99. The van der Waals surface area contributed by atoms with Gasteiger partial charge in [0, 0.05) is 24.0 Å². The molecule has 0 unspecified atom stereocenters. The summed E-state index contributed by atoms with van der Waals surface area (Å²) in [5.41, 5.74) is 1.03. The van der Waals surface area contributed by atoms with Crippen LogP contribution in [0, 0.1) is 38.4 Å². The maximum absolute atomic E-state index is 13.6. The van der Waals surface area contributed by atoms with Crippen LogP contribution in [0.5, 0.6) is 0 Å². The number of aryl methyl sites for hydroxylation is 1. The van der Waals surface area contributed by atoms with Gasteiger partial charge in [-0.1, -0.05) is 0 Å². The third kappa shape index (κ3) is 3.97. The number of anilines is 1. The second-order valence-electron chi connectivity index (χ2n) is 11.2. The summed E-state index contributed by atoms with van der Waals surface area (Å²) in [4.78, 5) is 39.6. The summed E-state index contributed by atoms with van der Waals surface area (Å²) in [5, 5.41) is 16.8. The molecule has 2 amide bonds. The first-order chi connectivity index (χ1) is 16.4. The van der Waals surface area contributed by atoms with Crippen molar-refractivity contribution in [1.82, 2.24) is 9.88 Å². The fraction of sp³-hybridized carbons (Fsp3) is 0.519. The van der Waals surface area contributed by atoms with Crippen LogP contribution in [0.3, 0.4) is 0 Å². The number of Topliss-reactive ketones (excluding diaryl/α,β-unsaturated/α-hetero) is 1. The van der Waals surface area contributed by atoms with Gasteiger partial charge in [-0.25, -0.2) is 4.39 Å². The molecule has 0 spiro atoms. The van der Waals surface area contributed by atoms with E-state index in [9.17, 15) is 23.9 Å². The van der Waals surface area contributed by atoms with Crippen molar-refractivity contribution in [3.63, 3.8) is 0 Å². The lowest BCUT2D eigenvalue weighted by molar-refractivity contribution is -0.149. The second kappa shape index (κ2) is 8.01. The van der Waals surface area contributed by atoms with E-state index in [0.717, 1.165) is 32.1 Å². The number of aromatic nitrogens is 1. The molecule has 0 saturated heterocycles. The molecule has 186 valence electrons. The van der Waals surface area contributed by atoms with Gasteiger partial charge in [-0.05, 0) is 100 Å². The smallest absolute Gasteiger partial charge is 0.294 e. The molecule has 2 aromatic rings. The highest BCUT2D eigenvalue weighted by Crippen LogP contribution is 2.57. The van der Waals surface area contributed by atoms with Gasteiger partial charge in [0.2, 0.25) is 0 Å². The van der Waals surface area contributed by atoms with E-state index in [-0.39, 0.29) is 11.5 Å². The van der Waals surface area contributed by atoms with Crippen LogP contribution < -0.4 is 10.6 Å². The first kappa shape index (κ1) is 23.7. The molecule has 4 atom stereocenters. The summed E-state index contributed by atoms with van der Waals surface area (Å²) in [7, 11) is 1.66. The molecule has 7 nitrogen and oxygen atoms in total. The van der Waals surface area contributed by atoms with Gasteiger partial charge >= 0.3 is 0 Å². The van der Waals surface area contributed by atoms with Crippen molar-refractivity contribution in [2.75, 3.05) is 5.32 Å². The Balaban J connectivity index is 1.38. The summed E-state index contributed by atoms with van der Waals surface area (Å²) >= 11 is 0. The minimum absolute atomic E-state index is 0.170. The molecule has 4 bridgehead atoms. The predicted octanol–water partition coefficient (Wildman–Crippen LogP) is 3.72. The highest BCUT2D eigenvalue weighted by molar-refractivity contribution is 6.43. The monoisotopic (exact) mass is 481 g/mol. The van der Waals surface area contributed by atoms with Crippen LogP contribution in [0.4, 0.5) is 10.1 Å². The maximum Gasteiger partial charge on any atom is 0.294 e. The van der Waals surface area contributed by atoms with Crippen molar-refractivity contribution >= 4 is 23.3 Å². The number of hydrogen-bond donors (Lipinski definition) is 3. The number of halogens is 1. The lowest BCUT2D eigenvalue weighted by Gasteiger charge is -2.60. The zero-order valence-electron chi connectivity index (χ0n) is 20.6. The van der Waals surface area contributed by atoms with E-state index < -0.39 is 28.7 Å². The Morgan fingerprint density at radius 3 is 2.34 bits per heavy atom. The second-order valence-corrected chi connectivity index (χ2v) is 11.2. The van der Waals surface area contributed by atoms with Gasteiger partial charge in [0.05, 0.1) is 16.9 Å². The van der Waals surface area contributed by atoms with Crippen LogP contribution in [0.15, 0.2) is 18.2 Å². The van der Waals surface area contributed by atoms with Crippen LogP contribution in [-0.4, -0.2) is 38.4 Å². The van der Waals surface area contributed by atoms with Gasteiger partial charge in [0.1, 0.15) is 5.82 Å². The largest absolute Gasteiger partial charge is 0.390 e. The lowest BCUT2D eigenvalue weighted by atomic mass is 9.51. The van der Waals surface area contributed by atoms with Gasteiger partial charge in [0.25, 0.3) is 17.6 Å². The zero-order chi connectivity index (χ0) is 25.3. The van der Waals surface area contributed by atoms with E-state index in [1.54, 1.807) is 38.5 Å². The minimum Gasteiger partial charge on any atom is -0.390 e. The van der Waals surface area contributed by atoms with Gasteiger partial charge in [-0.3, -0.25) is 14.4 Å². The zero-order valence-corrected chi connectivity index (χ0v) is 20.6. The maximum atomic E-state index is 13.6. The van der Waals surface area contributed by atoms with Crippen molar-refractivity contribution in [2.24, 2.45) is 18.9 Å². The summed E-state index contributed by atoms with van der Waals surface area (Å²) in [5.74, 6) is -1.42. The molecule has 3 N–H and O–H groups in total. The predicted molar refractivity (Wildman–Crippen MR) is 129 cm³/mol. The molecular formula is C27H32FN3O4. The minimum atomic E-state index is -0.748. The molecule has 1 aromatic heterocycles. The summed E-state index contributed by atoms with van der Waals surface area (Å²) in [6.07, 6.45) is 4.70. The quantitative estimate of drug-likeness (QED) is 0.448. The Bertz CT molecular complexity index is 1250. The number of ketones is 1. The molecule has 4 aliphatic rings. The third-order valence-corrected chi connectivity index (χ3v) is 8.40. The molecule has 4 aliphatic carbocycles. The average Bonchev–Trinajstić information content (AvgIpc) is 2.96. The third-order valence-electron chi connectivity index (χ3n) is 8.40. The molecule has 35 heavy (non-hydrogen) atoms. The molecule has 4 fully saturated rings. The van der Waals surface area contributed by atoms with Gasteiger partial charge in [0.15, 0.2) is 0 Å². The highest BCUT2D eigenvalue weighted by atomic mass is 19.1. The Morgan fingerprint density at radius 1 is 1.09 bits per heavy atom. The van der Waals surface area contributed by atoms with Gasteiger partial charge < -0.3 is 20.3 Å². The van der Waals surface area contributed by atoms with E-state index in [0.29, 0.717) is 46.3 Å². The Morgan fingerprint density at radius 2 is 1.74 bits per heavy atom. The van der Waals surface area contributed by atoms with Crippen LogP contribution in [0.2, 0.25) is 0 Å². The Labute approximate surface area is 204 Å². The van der Waals surface area contributed by atoms with Gasteiger partial charge in [-0.15, -0.1) is 0 Å². The molecular weight excluding hydrogens is 449 g/mol. The number of amides is 2. The van der Waals surface area contributed by atoms with Crippen molar-refractivity contribution in [1.29, 1.82) is 0 Å². The Kier molecular flexibility index (Phi) is 5.43. The standard InChI is InChI=1S/C27H32FN3O4/c1-14-7-19(5-6-20(14)28)29-24(33)21-15(2)22(31(4)16(21)3)23(32)25(34)30-26-9-17-8-18(10-26)12-27(35,11-17)13-26/h5-7,17-18,35H,8-13H2,1-4H3,(H,29,33)(H,30,34)/t17-,18+,26+,27-. The highest BCUT2D eigenvalue weighted by Gasteiger charge is 2.58. The van der Waals surface area contributed by atoms with Crippen molar-refractivity contribution < 1.29 is 23.9 Å². The van der Waals surface area contributed by atoms with Crippen LogP contribution in [0.25, 0.3) is 0 Å². The molecule has 1 heterocycles. The van der Waals surface area contributed by atoms with E-state index in [1.807, 2.05) is 0 Å². The number of aliphatic hydroxyl groups is 1. The number of carbonyl (C=O) groups excluding carboxylic acids is 3. The first-order valence-electron chi connectivity index (χ1n) is 12.2. The van der Waals surface area contributed by atoms with Crippen molar-refractivity contribution in [3.8, 4) is 0 Å². The van der Waals surface area contributed by atoms with E-state index >= 15 is 0 Å². The fourth-order valence-electron chi connectivity index (χ4n) is 7.32. The van der Waals surface area contributed by atoms with Gasteiger partial charge in [-0.2, -0.15) is 0 Å². The molecule has 0 aliphatic heterocycles. The normalized spacial score (nSPS) is 28.7. The summed E-state index contributed by atoms with van der Waals surface area (Å²) in [6, 6.07) is 4.31. The number of carbonyl (C=O) groups is 3. The molecule has 6 rings (SSSR count). The topological polar surface area (TPSA) is 100 Å². The van der Waals surface area contributed by atoms with E-state index in [1.165, 1.54) is 12.1 Å². The first-order valence-corrected chi connectivity index (χ1v) is 12.2. The van der Waals surface area contributed by atoms with Crippen LogP contribution >= 0.6 is 0 Å². The molecule has 0 radical (unpaired) electrons. The van der Waals surface area contributed by atoms with Crippen molar-refractivity contribution in [3.05, 3.63) is 52.1 Å². The van der Waals surface area contributed by atoms with Crippen molar-refractivity contribution in [2.45, 2.75) is 70.4 Å². The lowest BCUT2D eigenvalue weighted by Crippen LogP contribution is -2.66. The number of nitrogens with zero attached hydrogens (tertiary/aromatic N) is 1. The SMILES string of the molecule is Cc1cc(NC(=O)c2c(C)c(C(=O)C(=O)N[C@@]34C[C@@H]5C[C@@H](C[C@@](O)(C5)C3)C4)n(C)c2C)ccc1F. The van der Waals surface area contributed by atoms with E-state index in [2.05, 4.69) is 10.6 Å². The number of benzene rings is 1. The molecule has 4 saturated carbocycles. The van der Waals surface area contributed by atoms with E-state index in [4.69, 9.17) is 0 Å². The summed E-state index contributed by atoms with van der Waals surface area (Å²) < 4.78 is 15.2. The number of hydrogen-bond acceptors (Lipinski definition) is 4. The fourth-order valence-corrected chi connectivity index (χ4v) is 7.32. The average molecular weight is 482 g/mol. The Hall–Kier alpha value is -3.00.